The molecule has 1 saturated carbocycles. The Bertz CT molecular complexity index is 1460. The molecular weight excluding hydrogens is 581 g/mol. The third kappa shape index (κ3) is 7.61. The van der Waals surface area contributed by atoms with Crippen molar-refractivity contribution in [2.24, 2.45) is 0 Å². The molecule has 3 aromatic carbocycles. The van der Waals surface area contributed by atoms with E-state index in [2.05, 4.69) is 5.32 Å². The normalized spacial score (nSPS) is 14.4. The maximum absolute atomic E-state index is 14.2. The molecule has 3 aromatic rings. The monoisotopic (exact) mass is 615 g/mol. The second-order valence-electron chi connectivity index (χ2n) is 10.3. The highest BCUT2D eigenvalue weighted by Crippen LogP contribution is 2.31. The Balaban J connectivity index is 1.72. The van der Waals surface area contributed by atoms with E-state index in [-0.39, 0.29) is 34.1 Å². The van der Waals surface area contributed by atoms with E-state index in [1.165, 1.54) is 17.0 Å². The Morgan fingerprint density at radius 3 is 2.20 bits per heavy atom. The van der Waals surface area contributed by atoms with E-state index in [0.29, 0.717) is 11.4 Å². The molecule has 4 rings (SSSR count). The van der Waals surface area contributed by atoms with E-state index in [9.17, 15) is 18.0 Å². The molecule has 1 N–H and O–H groups in total. The van der Waals surface area contributed by atoms with Gasteiger partial charge in [-0.25, -0.2) is 8.42 Å². The van der Waals surface area contributed by atoms with Gasteiger partial charge in [-0.3, -0.25) is 13.9 Å². The summed E-state index contributed by atoms with van der Waals surface area (Å²) in [6.07, 6.45) is 4.27. The highest BCUT2D eigenvalue weighted by molar-refractivity contribution is 7.92. The highest BCUT2D eigenvalue weighted by atomic mass is 35.5. The molecular formula is C31H35Cl2N3O4S. The number of rotatable bonds is 11. The molecule has 0 spiro atoms. The standard InChI is InChI=1S/C31H35Cl2N3O4S/c1-3-28(31(38)34-25-8-4-5-9-25)35(20-23-14-16-24(32)17-15-23)30(37)21-36(29-11-7-6-10-27(29)33)41(39,40)26-18-12-22(2)13-19-26/h6-7,10-19,25,28H,3-5,8-9,20-21H2,1-2H3,(H,34,38). The number of sulfonamides is 1. The molecule has 41 heavy (non-hydrogen) atoms. The molecule has 0 saturated heterocycles. The first-order valence-corrected chi connectivity index (χ1v) is 16.0. The van der Waals surface area contributed by atoms with Crippen LogP contribution in [0.1, 0.15) is 50.2 Å². The Hall–Kier alpha value is -3.07. The van der Waals surface area contributed by atoms with Crippen LogP contribution < -0.4 is 9.62 Å². The first-order valence-electron chi connectivity index (χ1n) is 13.8. The summed E-state index contributed by atoms with van der Waals surface area (Å²) in [5.41, 5.74) is 1.84. The lowest BCUT2D eigenvalue weighted by molar-refractivity contribution is -0.140. The topological polar surface area (TPSA) is 86.8 Å². The zero-order valence-electron chi connectivity index (χ0n) is 23.2. The quantitative estimate of drug-likeness (QED) is 0.272. The molecule has 7 nitrogen and oxygen atoms in total. The van der Waals surface area contributed by atoms with Crippen LogP contribution in [-0.2, 0) is 26.2 Å². The Kier molecular flexibility index (Phi) is 10.3. The largest absolute Gasteiger partial charge is 0.352 e. The van der Waals surface area contributed by atoms with Crippen molar-refractivity contribution in [3.63, 3.8) is 0 Å². The van der Waals surface area contributed by atoms with Gasteiger partial charge in [-0.1, -0.05) is 84.9 Å². The first kappa shape index (κ1) is 30.9. The number of carbonyl (C=O) groups is 2. The maximum atomic E-state index is 14.2. The summed E-state index contributed by atoms with van der Waals surface area (Å²) in [5.74, 6) is -0.767. The van der Waals surface area contributed by atoms with Gasteiger partial charge in [-0.15, -0.1) is 0 Å². The summed E-state index contributed by atoms with van der Waals surface area (Å²) in [5, 5.41) is 3.84. The van der Waals surface area contributed by atoms with Crippen molar-refractivity contribution < 1.29 is 18.0 Å². The number of anilines is 1. The lowest BCUT2D eigenvalue weighted by Gasteiger charge is -2.34. The molecule has 1 atom stereocenters. The molecule has 0 aromatic heterocycles. The maximum Gasteiger partial charge on any atom is 0.264 e. The summed E-state index contributed by atoms with van der Waals surface area (Å²) in [6.45, 7) is 3.27. The van der Waals surface area contributed by atoms with Crippen molar-refractivity contribution in [3.8, 4) is 0 Å². The fraction of sp³-hybridized carbons (Fsp3) is 0.355. The van der Waals surface area contributed by atoms with Crippen molar-refractivity contribution in [2.75, 3.05) is 10.8 Å². The van der Waals surface area contributed by atoms with Crippen LogP contribution in [0, 0.1) is 6.92 Å². The first-order chi connectivity index (χ1) is 19.6. The number of hydrogen-bond acceptors (Lipinski definition) is 4. The van der Waals surface area contributed by atoms with Crippen LogP contribution in [0.15, 0.2) is 77.7 Å². The summed E-state index contributed by atoms with van der Waals surface area (Å²) < 4.78 is 28.9. The molecule has 0 bridgehead atoms. The number of benzene rings is 3. The average molecular weight is 617 g/mol. The minimum Gasteiger partial charge on any atom is -0.352 e. The highest BCUT2D eigenvalue weighted by Gasteiger charge is 2.35. The number of nitrogens with one attached hydrogen (secondary N) is 1. The zero-order chi connectivity index (χ0) is 29.6. The van der Waals surface area contributed by atoms with Gasteiger partial charge in [-0.05, 0) is 68.1 Å². The van der Waals surface area contributed by atoms with Crippen LogP contribution in [0.4, 0.5) is 5.69 Å². The summed E-state index contributed by atoms with van der Waals surface area (Å²) in [6, 6.07) is 19.2. The number of halogens is 2. The Morgan fingerprint density at radius 2 is 1.59 bits per heavy atom. The SMILES string of the molecule is CCC(C(=O)NC1CCCC1)N(Cc1ccc(Cl)cc1)C(=O)CN(c1ccccc1Cl)S(=O)(=O)c1ccc(C)cc1. The van der Waals surface area contributed by atoms with E-state index < -0.39 is 28.5 Å². The van der Waals surface area contributed by atoms with E-state index in [1.807, 2.05) is 13.8 Å². The van der Waals surface area contributed by atoms with Crippen LogP contribution in [-0.4, -0.2) is 43.8 Å². The van der Waals surface area contributed by atoms with Gasteiger partial charge in [0.15, 0.2) is 0 Å². The van der Waals surface area contributed by atoms with Crippen LogP contribution in [0.25, 0.3) is 0 Å². The number of nitrogens with zero attached hydrogens (tertiary/aromatic N) is 2. The van der Waals surface area contributed by atoms with Gasteiger partial charge < -0.3 is 10.2 Å². The van der Waals surface area contributed by atoms with Crippen LogP contribution >= 0.6 is 23.2 Å². The van der Waals surface area contributed by atoms with Crippen molar-refractivity contribution in [3.05, 3.63) is 94.0 Å². The third-order valence-electron chi connectivity index (χ3n) is 7.36. The van der Waals surface area contributed by atoms with Crippen LogP contribution in [0.2, 0.25) is 10.0 Å². The van der Waals surface area contributed by atoms with E-state index in [4.69, 9.17) is 23.2 Å². The number of amides is 2. The van der Waals surface area contributed by atoms with Gasteiger partial charge >= 0.3 is 0 Å². The molecule has 218 valence electrons. The van der Waals surface area contributed by atoms with Crippen LogP contribution in [0.3, 0.4) is 0 Å². The minimum atomic E-state index is -4.19. The van der Waals surface area contributed by atoms with Crippen molar-refractivity contribution in [1.82, 2.24) is 10.2 Å². The Morgan fingerprint density at radius 1 is 0.951 bits per heavy atom. The summed E-state index contributed by atoms with van der Waals surface area (Å²) in [4.78, 5) is 29.1. The summed E-state index contributed by atoms with van der Waals surface area (Å²) >= 11 is 12.6. The van der Waals surface area contributed by atoms with E-state index in [1.54, 1.807) is 60.7 Å². The molecule has 0 heterocycles. The predicted octanol–water partition coefficient (Wildman–Crippen LogP) is 6.36. The molecule has 1 fully saturated rings. The van der Waals surface area contributed by atoms with Gasteiger partial charge in [0.2, 0.25) is 11.8 Å². The fourth-order valence-electron chi connectivity index (χ4n) is 5.08. The number of para-hydroxylation sites is 1. The van der Waals surface area contributed by atoms with Gasteiger partial charge in [0.1, 0.15) is 12.6 Å². The number of carbonyl (C=O) groups excluding carboxylic acids is 2. The number of hydrogen-bond donors (Lipinski definition) is 1. The van der Waals surface area contributed by atoms with Crippen molar-refractivity contribution in [1.29, 1.82) is 0 Å². The minimum absolute atomic E-state index is 0.0334. The third-order valence-corrected chi connectivity index (χ3v) is 9.71. The lowest BCUT2D eigenvalue weighted by atomic mass is 10.1. The smallest absolute Gasteiger partial charge is 0.264 e. The van der Waals surface area contributed by atoms with Crippen molar-refractivity contribution in [2.45, 2.75) is 69.5 Å². The predicted molar refractivity (Wildman–Crippen MR) is 164 cm³/mol. The van der Waals surface area contributed by atoms with Gasteiger partial charge in [0.25, 0.3) is 10.0 Å². The fourth-order valence-corrected chi connectivity index (χ4v) is 6.93. The zero-order valence-corrected chi connectivity index (χ0v) is 25.6. The summed E-state index contributed by atoms with van der Waals surface area (Å²) in [7, 11) is -4.19. The lowest BCUT2D eigenvalue weighted by Crippen LogP contribution is -2.53. The second-order valence-corrected chi connectivity index (χ2v) is 13.0. The molecule has 1 aliphatic carbocycles. The van der Waals surface area contributed by atoms with Gasteiger partial charge in [-0.2, -0.15) is 0 Å². The van der Waals surface area contributed by atoms with Gasteiger partial charge in [0.05, 0.1) is 15.6 Å². The molecule has 2 amide bonds. The van der Waals surface area contributed by atoms with E-state index >= 15 is 0 Å². The molecule has 0 aliphatic heterocycles. The average Bonchev–Trinajstić information content (AvgIpc) is 3.46. The molecule has 0 radical (unpaired) electrons. The molecule has 10 heteroatoms. The number of aryl methyl sites for hydroxylation is 1. The Labute approximate surface area is 252 Å². The van der Waals surface area contributed by atoms with Gasteiger partial charge in [0, 0.05) is 17.6 Å². The van der Waals surface area contributed by atoms with Crippen molar-refractivity contribution >= 4 is 50.7 Å². The second kappa shape index (κ2) is 13.7. The molecule has 1 aliphatic rings. The van der Waals surface area contributed by atoms with Crippen LogP contribution in [0.5, 0.6) is 0 Å². The molecule has 1 unspecified atom stereocenters. The van der Waals surface area contributed by atoms with E-state index in [0.717, 1.165) is 41.1 Å².